The third-order valence-corrected chi connectivity index (χ3v) is 4.56. The summed E-state index contributed by atoms with van der Waals surface area (Å²) in [5.41, 5.74) is -2.66. The van der Waals surface area contributed by atoms with Crippen molar-refractivity contribution in [3.63, 3.8) is 0 Å². The van der Waals surface area contributed by atoms with Gasteiger partial charge in [0, 0.05) is 17.7 Å². The maximum atomic E-state index is 14.0. The lowest BCUT2D eigenvalue weighted by molar-refractivity contribution is -0.140. The van der Waals surface area contributed by atoms with E-state index < -0.39 is 17.3 Å². The first-order valence-electron chi connectivity index (χ1n) is 8.74. The van der Waals surface area contributed by atoms with E-state index in [0.717, 1.165) is 6.07 Å². The molecule has 0 unspecified atom stereocenters. The normalized spacial score (nSPS) is 13.3. The minimum atomic E-state index is -4.67. The first kappa shape index (κ1) is 21.7. The number of hydrogen-bond acceptors (Lipinski definition) is 4. The lowest BCUT2D eigenvalue weighted by atomic mass is 9.89. The second-order valence-corrected chi connectivity index (χ2v) is 6.70. The van der Waals surface area contributed by atoms with E-state index in [1.165, 1.54) is 43.5 Å². The van der Waals surface area contributed by atoms with Crippen LogP contribution in [0.3, 0.4) is 0 Å². The van der Waals surface area contributed by atoms with Crippen molar-refractivity contribution in [2.24, 2.45) is 0 Å². The van der Waals surface area contributed by atoms with Crippen LogP contribution in [0.2, 0.25) is 5.02 Å². The standard InChI is InChI=1S/C21H17ClF3N3O2/c1-3-10-20(29-2,12-28-14-26-13-27-28)18-9-8-17(11-19(18)21(23,24)25)30-16-6-4-15(22)5-7-16/h4-9,11,13-14H,12H2,1-2H3/t20-/m0/s1. The molecule has 0 N–H and O–H groups in total. The van der Waals surface area contributed by atoms with E-state index in [4.69, 9.17) is 21.1 Å². The Bertz CT molecular complexity index is 1060. The summed E-state index contributed by atoms with van der Waals surface area (Å²) in [6.07, 6.45) is -2.00. The van der Waals surface area contributed by atoms with Crippen LogP contribution in [0.1, 0.15) is 18.1 Å². The van der Waals surface area contributed by atoms with Gasteiger partial charge in [-0.2, -0.15) is 18.3 Å². The molecule has 0 aliphatic heterocycles. The number of rotatable bonds is 6. The number of halogens is 4. The van der Waals surface area contributed by atoms with E-state index in [2.05, 4.69) is 21.9 Å². The van der Waals surface area contributed by atoms with Crippen LogP contribution in [0, 0.1) is 11.8 Å². The Morgan fingerprint density at radius 1 is 1.07 bits per heavy atom. The summed E-state index contributed by atoms with van der Waals surface area (Å²) in [5.74, 6) is 5.81. The third kappa shape index (κ3) is 4.75. The topological polar surface area (TPSA) is 49.2 Å². The molecule has 0 bridgehead atoms. The molecule has 9 heteroatoms. The molecule has 156 valence electrons. The second-order valence-electron chi connectivity index (χ2n) is 6.26. The molecule has 1 aromatic heterocycles. The molecule has 0 fully saturated rings. The van der Waals surface area contributed by atoms with Crippen LogP contribution in [-0.4, -0.2) is 21.9 Å². The van der Waals surface area contributed by atoms with E-state index >= 15 is 0 Å². The highest BCUT2D eigenvalue weighted by Crippen LogP contribution is 2.41. The Hall–Kier alpha value is -3.02. The predicted molar refractivity (Wildman–Crippen MR) is 105 cm³/mol. The molecule has 0 radical (unpaired) electrons. The first-order valence-corrected chi connectivity index (χ1v) is 9.12. The van der Waals surface area contributed by atoms with Gasteiger partial charge in [0.05, 0.1) is 12.1 Å². The highest BCUT2D eigenvalue weighted by molar-refractivity contribution is 6.30. The SMILES string of the molecule is CC#C[C@@](Cn1cncn1)(OC)c1ccc(Oc2ccc(Cl)cc2)cc1C(F)(F)F. The smallest absolute Gasteiger partial charge is 0.416 e. The van der Waals surface area contributed by atoms with Crippen molar-refractivity contribution in [3.8, 4) is 23.3 Å². The Kier molecular flexibility index (Phi) is 6.34. The molecule has 0 aliphatic rings. The van der Waals surface area contributed by atoms with Crippen molar-refractivity contribution >= 4 is 11.6 Å². The number of ether oxygens (including phenoxy) is 2. The largest absolute Gasteiger partial charge is 0.457 e. The fourth-order valence-corrected chi connectivity index (χ4v) is 3.10. The van der Waals surface area contributed by atoms with Crippen LogP contribution in [0.25, 0.3) is 0 Å². The highest BCUT2D eigenvalue weighted by Gasteiger charge is 2.42. The zero-order valence-corrected chi connectivity index (χ0v) is 16.8. The van der Waals surface area contributed by atoms with E-state index in [0.29, 0.717) is 10.8 Å². The molecule has 0 spiro atoms. The molecule has 0 amide bonds. The number of aromatic nitrogens is 3. The Labute approximate surface area is 176 Å². The van der Waals surface area contributed by atoms with Gasteiger partial charge in [-0.25, -0.2) is 9.67 Å². The molecule has 3 rings (SSSR count). The van der Waals surface area contributed by atoms with Gasteiger partial charge < -0.3 is 9.47 Å². The average molecular weight is 436 g/mol. The maximum absolute atomic E-state index is 14.0. The summed E-state index contributed by atoms with van der Waals surface area (Å²) in [6.45, 7) is 1.45. The van der Waals surface area contributed by atoms with Crippen molar-refractivity contribution in [3.05, 3.63) is 71.3 Å². The molecule has 0 saturated carbocycles. The van der Waals surface area contributed by atoms with Crippen LogP contribution < -0.4 is 4.74 Å². The van der Waals surface area contributed by atoms with E-state index in [9.17, 15) is 13.2 Å². The quantitative estimate of drug-likeness (QED) is 0.492. The van der Waals surface area contributed by atoms with Gasteiger partial charge >= 0.3 is 6.18 Å². The number of benzene rings is 2. The van der Waals surface area contributed by atoms with Gasteiger partial charge in [0.1, 0.15) is 24.2 Å². The van der Waals surface area contributed by atoms with E-state index in [1.807, 2.05) is 0 Å². The summed E-state index contributed by atoms with van der Waals surface area (Å²) in [4.78, 5) is 3.83. The van der Waals surface area contributed by atoms with Crippen LogP contribution in [0.4, 0.5) is 13.2 Å². The van der Waals surface area contributed by atoms with Gasteiger partial charge in [0.2, 0.25) is 0 Å². The monoisotopic (exact) mass is 435 g/mol. The van der Waals surface area contributed by atoms with Crippen molar-refractivity contribution < 1.29 is 22.6 Å². The number of methoxy groups -OCH3 is 1. The highest BCUT2D eigenvalue weighted by atomic mass is 35.5. The van der Waals surface area contributed by atoms with Gasteiger partial charge in [0.15, 0.2) is 5.60 Å². The molecule has 30 heavy (non-hydrogen) atoms. The summed E-state index contributed by atoms with van der Waals surface area (Å²) in [6, 6.07) is 9.97. The third-order valence-electron chi connectivity index (χ3n) is 4.31. The van der Waals surface area contributed by atoms with E-state index in [-0.39, 0.29) is 17.9 Å². The molecule has 0 saturated heterocycles. The summed E-state index contributed by atoms with van der Waals surface area (Å²) < 4.78 is 54.5. The number of hydrogen-bond donors (Lipinski definition) is 0. The molecule has 3 aromatic rings. The molecular weight excluding hydrogens is 419 g/mol. The van der Waals surface area contributed by atoms with Gasteiger partial charge in [-0.15, -0.1) is 5.92 Å². The molecule has 5 nitrogen and oxygen atoms in total. The van der Waals surface area contributed by atoms with Crippen molar-refractivity contribution in [2.75, 3.05) is 7.11 Å². The maximum Gasteiger partial charge on any atom is 0.416 e. The first-order chi connectivity index (χ1) is 14.3. The van der Waals surface area contributed by atoms with Crippen molar-refractivity contribution in [1.82, 2.24) is 14.8 Å². The van der Waals surface area contributed by atoms with Crippen LogP contribution in [0.5, 0.6) is 11.5 Å². The second kappa shape index (κ2) is 8.78. The van der Waals surface area contributed by atoms with Gasteiger partial charge in [-0.1, -0.05) is 23.6 Å². The Morgan fingerprint density at radius 2 is 1.77 bits per heavy atom. The number of nitrogens with zero attached hydrogens (tertiary/aromatic N) is 3. The van der Waals surface area contributed by atoms with Crippen LogP contribution in [-0.2, 0) is 23.1 Å². The van der Waals surface area contributed by atoms with Gasteiger partial charge in [-0.3, -0.25) is 0 Å². The van der Waals surface area contributed by atoms with Crippen molar-refractivity contribution in [1.29, 1.82) is 0 Å². The molecular formula is C21H17ClF3N3O2. The number of alkyl halides is 3. The molecule has 0 aliphatic carbocycles. The zero-order chi connectivity index (χ0) is 21.8. The summed E-state index contributed by atoms with van der Waals surface area (Å²) >= 11 is 5.83. The van der Waals surface area contributed by atoms with Crippen LogP contribution in [0.15, 0.2) is 55.1 Å². The fourth-order valence-electron chi connectivity index (χ4n) is 2.97. The van der Waals surface area contributed by atoms with Gasteiger partial charge in [0.25, 0.3) is 0 Å². The minimum Gasteiger partial charge on any atom is -0.457 e. The average Bonchev–Trinajstić information content (AvgIpc) is 3.21. The molecule has 1 atom stereocenters. The fraction of sp³-hybridized carbons (Fsp3) is 0.238. The van der Waals surface area contributed by atoms with E-state index in [1.54, 1.807) is 24.3 Å². The Morgan fingerprint density at radius 3 is 2.33 bits per heavy atom. The minimum absolute atomic E-state index is 0.0172. The predicted octanol–water partition coefficient (Wildman–Crippen LogP) is 5.31. The van der Waals surface area contributed by atoms with Crippen LogP contribution >= 0.6 is 11.6 Å². The lowest BCUT2D eigenvalue weighted by Crippen LogP contribution is -2.35. The summed E-state index contributed by atoms with van der Waals surface area (Å²) in [5, 5.41) is 4.46. The zero-order valence-electron chi connectivity index (χ0n) is 16.1. The lowest BCUT2D eigenvalue weighted by Gasteiger charge is -2.30. The van der Waals surface area contributed by atoms with Gasteiger partial charge in [-0.05, 0) is 43.3 Å². The van der Waals surface area contributed by atoms with Crippen molar-refractivity contribution in [2.45, 2.75) is 25.2 Å². The Balaban J connectivity index is 2.09. The molecule has 1 heterocycles. The molecule has 2 aromatic carbocycles. The summed E-state index contributed by atoms with van der Waals surface area (Å²) in [7, 11) is 1.31.